The van der Waals surface area contributed by atoms with Crippen LogP contribution in [0.4, 0.5) is 5.69 Å². The minimum Gasteiger partial charge on any atom is -0.497 e. The van der Waals surface area contributed by atoms with Crippen LogP contribution < -0.4 is 25.4 Å². The van der Waals surface area contributed by atoms with Crippen LogP contribution in [0.25, 0.3) is 0 Å². The SMILES string of the molecule is CN=C(NCCOc1cccc(NC(C)=O)c1)NCCC(C)c1ccc(OC)cc1. The van der Waals surface area contributed by atoms with Crippen molar-refractivity contribution in [2.45, 2.75) is 26.2 Å². The van der Waals surface area contributed by atoms with Crippen LogP contribution in [0.3, 0.4) is 0 Å². The molecular weight excluding hydrogens is 380 g/mol. The number of carbonyl (C=O) groups excluding carboxylic acids is 1. The maximum atomic E-state index is 11.1. The van der Waals surface area contributed by atoms with Crippen molar-refractivity contribution in [1.82, 2.24) is 10.6 Å². The molecule has 7 nitrogen and oxygen atoms in total. The quantitative estimate of drug-likeness (QED) is 0.316. The second-order valence-electron chi connectivity index (χ2n) is 6.95. The molecule has 2 rings (SSSR count). The predicted octanol–water partition coefficient (Wildman–Crippen LogP) is 3.39. The fourth-order valence-corrected chi connectivity index (χ4v) is 2.93. The number of anilines is 1. The van der Waals surface area contributed by atoms with Gasteiger partial charge in [0, 0.05) is 32.3 Å². The summed E-state index contributed by atoms with van der Waals surface area (Å²) in [6.45, 7) is 5.59. The van der Waals surface area contributed by atoms with Gasteiger partial charge >= 0.3 is 0 Å². The highest BCUT2D eigenvalue weighted by atomic mass is 16.5. The minimum atomic E-state index is -0.106. The van der Waals surface area contributed by atoms with Crippen LogP contribution in [0.1, 0.15) is 31.7 Å². The molecule has 1 atom stereocenters. The van der Waals surface area contributed by atoms with E-state index in [1.54, 1.807) is 20.2 Å². The zero-order valence-electron chi connectivity index (χ0n) is 18.2. The molecule has 0 aliphatic heterocycles. The lowest BCUT2D eigenvalue weighted by molar-refractivity contribution is -0.114. The number of carbonyl (C=O) groups is 1. The van der Waals surface area contributed by atoms with Gasteiger partial charge in [0.05, 0.1) is 13.7 Å². The summed E-state index contributed by atoms with van der Waals surface area (Å²) in [5.74, 6) is 2.65. The van der Waals surface area contributed by atoms with Crippen molar-refractivity contribution in [1.29, 1.82) is 0 Å². The number of methoxy groups -OCH3 is 1. The van der Waals surface area contributed by atoms with Crippen LogP contribution in [0.15, 0.2) is 53.5 Å². The number of rotatable bonds is 10. The standard InChI is InChI=1S/C23H32N4O3/c1-17(19-8-10-21(29-4)11-9-19)12-13-25-23(24-3)26-14-15-30-22-7-5-6-20(16-22)27-18(2)28/h5-11,16-17H,12-15H2,1-4H3,(H,27,28)(H2,24,25,26). The highest BCUT2D eigenvalue weighted by Gasteiger charge is 2.06. The molecule has 1 amide bonds. The van der Waals surface area contributed by atoms with Crippen LogP contribution in [-0.4, -0.2) is 45.7 Å². The van der Waals surface area contributed by atoms with Crippen LogP contribution in [0, 0.1) is 0 Å². The molecule has 2 aromatic carbocycles. The van der Waals surface area contributed by atoms with E-state index in [0.717, 1.165) is 30.4 Å². The predicted molar refractivity (Wildman–Crippen MR) is 122 cm³/mol. The number of benzene rings is 2. The summed E-state index contributed by atoms with van der Waals surface area (Å²) in [5.41, 5.74) is 2.01. The summed E-state index contributed by atoms with van der Waals surface area (Å²) in [6, 6.07) is 15.5. The Hall–Kier alpha value is -3.22. The zero-order chi connectivity index (χ0) is 21.8. The van der Waals surface area contributed by atoms with E-state index >= 15 is 0 Å². The highest BCUT2D eigenvalue weighted by molar-refractivity contribution is 5.88. The van der Waals surface area contributed by atoms with Gasteiger partial charge in [-0.1, -0.05) is 25.1 Å². The van der Waals surface area contributed by atoms with E-state index in [0.29, 0.717) is 24.8 Å². The Morgan fingerprint density at radius 3 is 2.47 bits per heavy atom. The van der Waals surface area contributed by atoms with Crippen LogP contribution in [0.5, 0.6) is 11.5 Å². The lowest BCUT2D eigenvalue weighted by Gasteiger charge is -2.16. The first kappa shape index (κ1) is 23.1. The average molecular weight is 413 g/mol. The van der Waals surface area contributed by atoms with Gasteiger partial charge in [0.2, 0.25) is 5.91 Å². The second kappa shape index (κ2) is 12.4. The molecular formula is C23H32N4O3. The van der Waals surface area contributed by atoms with E-state index in [-0.39, 0.29) is 5.91 Å². The summed E-state index contributed by atoms with van der Waals surface area (Å²) in [5, 5.41) is 9.32. The molecule has 0 aromatic heterocycles. The Kier molecular flexibility index (Phi) is 9.51. The van der Waals surface area contributed by atoms with Gasteiger partial charge in [-0.25, -0.2) is 0 Å². The smallest absolute Gasteiger partial charge is 0.221 e. The fourth-order valence-electron chi connectivity index (χ4n) is 2.93. The molecule has 3 N–H and O–H groups in total. The Bertz CT molecular complexity index is 821. The largest absolute Gasteiger partial charge is 0.497 e. The first-order valence-corrected chi connectivity index (χ1v) is 10.1. The summed E-state index contributed by atoms with van der Waals surface area (Å²) in [4.78, 5) is 15.4. The van der Waals surface area contributed by atoms with Crippen LogP contribution in [-0.2, 0) is 4.79 Å². The van der Waals surface area contributed by atoms with Crippen molar-refractivity contribution < 1.29 is 14.3 Å². The maximum absolute atomic E-state index is 11.1. The molecule has 7 heteroatoms. The Balaban J connectivity index is 1.67. The third-order valence-electron chi connectivity index (χ3n) is 4.60. The van der Waals surface area contributed by atoms with E-state index in [1.165, 1.54) is 12.5 Å². The molecule has 1 unspecified atom stereocenters. The molecule has 0 bridgehead atoms. The van der Waals surface area contributed by atoms with E-state index in [1.807, 2.05) is 30.3 Å². The van der Waals surface area contributed by atoms with E-state index in [2.05, 4.69) is 40.0 Å². The van der Waals surface area contributed by atoms with Crippen molar-refractivity contribution in [3.8, 4) is 11.5 Å². The number of ether oxygens (including phenoxy) is 2. The molecule has 0 saturated heterocycles. The Morgan fingerprint density at radius 2 is 1.80 bits per heavy atom. The summed E-state index contributed by atoms with van der Waals surface area (Å²) in [7, 11) is 3.43. The van der Waals surface area contributed by atoms with Gasteiger partial charge in [-0.2, -0.15) is 0 Å². The van der Waals surface area contributed by atoms with Crippen LogP contribution in [0.2, 0.25) is 0 Å². The molecule has 30 heavy (non-hydrogen) atoms. The van der Waals surface area contributed by atoms with Crippen molar-refractivity contribution in [3.05, 3.63) is 54.1 Å². The van der Waals surface area contributed by atoms with Gasteiger partial charge in [-0.15, -0.1) is 0 Å². The molecule has 162 valence electrons. The molecule has 0 saturated carbocycles. The van der Waals surface area contributed by atoms with Gasteiger partial charge in [-0.3, -0.25) is 9.79 Å². The summed E-state index contributed by atoms with van der Waals surface area (Å²) >= 11 is 0. The van der Waals surface area contributed by atoms with Crippen molar-refractivity contribution in [3.63, 3.8) is 0 Å². The topological polar surface area (TPSA) is 84.0 Å². The van der Waals surface area contributed by atoms with Gasteiger partial charge in [0.25, 0.3) is 0 Å². The molecule has 0 aliphatic rings. The van der Waals surface area contributed by atoms with E-state index in [4.69, 9.17) is 9.47 Å². The van der Waals surface area contributed by atoms with Gasteiger partial charge < -0.3 is 25.4 Å². The molecule has 0 heterocycles. The van der Waals surface area contributed by atoms with Crippen LogP contribution >= 0.6 is 0 Å². The van der Waals surface area contributed by atoms with Gasteiger partial charge in [0.15, 0.2) is 5.96 Å². The molecule has 0 spiro atoms. The monoisotopic (exact) mass is 412 g/mol. The average Bonchev–Trinajstić information content (AvgIpc) is 2.75. The number of amides is 1. The van der Waals surface area contributed by atoms with Gasteiger partial charge in [-0.05, 0) is 42.2 Å². The third-order valence-corrected chi connectivity index (χ3v) is 4.60. The van der Waals surface area contributed by atoms with Gasteiger partial charge in [0.1, 0.15) is 18.1 Å². The fraction of sp³-hybridized carbons (Fsp3) is 0.391. The zero-order valence-corrected chi connectivity index (χ0v) is 18.2. The lowest BCUT2D eigenvalue weighted by atomic mass is 9.98. The molecule has 0 aliphatic carbocycles. The summed E-state index contributed by atoms with van der Waals surface area (Å²) < 4.78 is 10.9. The Morgan fingerprint density at radius 1 is 1.07 bits per heavy atom. The van der Waals surface area contributed by atoms with Crippen molar-refractivity contribution in [2.75, 3.05) is 39.2 Å². The Labute approximate surface area is 178 Å². The lowest BCUT2D eigenvalue weighted by Crippen LogP contribution is -2.39. The second-order valence-corrected chi connectivity index (χ2v) is 6.95. The first-order valence-electron chi connectivity index (χ1n) is 10.1. The van der Waals surface area contributed by atoms with Crippen molar-refractivity contribution in [2.24, 2.45) is 4.99 Å². The summed E-state index contributed by atoms with van der Waals surface area (Å²) in [6.07, 6.45) is 0.986. The number of aliphatic imine (C=N–C) groups is 1. The van der Waals surface area contributed by atoms with E-state index in [9.17, 15) is 4.79 Å². The van der Waals surface area contributed by atoms with Crippen molar-refractivity contribution >= 4 is 17.6 Å². The number of nitrogens with one attached hydrogen (secondary N) is 3. The number of hydrogen-bond acceptors (Lipinski definition) is 4. The molecule has 0 radical (unpaired) electrons. The minimum absolute atomic E-state index is 0.106. The molecule has 2 aromatic rings. The van der Waals surface area contributed by atoms with E-state index < -0.39 is 0 Å². The highest BCUT2D eigenvalue weighted by Crippen LogP contribution is 2.21. The third kappa shape index (κ3) is 8.03. The number of nitrogens with zero attached hydrogens (tertiary/aromatic N) is 1. The normalized spacial score (nSPS) is 12.1. The number of guanidine groups is 1. The maximum Gasteiger partial charge on any atom is 0.221 e. The number of hydrogen-bond donors (Lipinski definition) is 3. The first-order chi connectivity index (χ1) is 14.5. The molecule has 0 fully saturated rings.